The molecule has 0 radical (unpaired) electrons. The molecule has 0 aliphatic heterocycles. The summed E-state index contributed by atoms with van der Waals surface area (Å²) in [7, 11) is 1.42. The Labute approximate surface area is 149 Å². The van der Waals surface area contributed by atoms with Gasteiger partial charge in [-0.1, -0.05) is 30.0 Å². The summed E-state index contributed by atoms with van der Waals surface area (Å²) in [6, 6.07) is 17.0. The summed E-state index contributed by atoms with van der Waals surface area (Å²) in [4.78, 5) is 17.9. The minimum Gasteiger partial charge on any atom is -0.494 e. The highest BCUT2D eigenvalue weighted by atomic mass is 32.2. The van der Waals surface area contributed by atoms with Crippen LogP contribution in [0.2, 0.25) is 0 Å². The molecule has 25 heavy (non-hydrogen) atoms. The maximum absolute atomic E-state index is 13.3. The van der Waals surface area contributed by atoms with E-state index in [4.69, 9.17) is 4.74 Å². The summed E-state index contributed by atoms with van der Waals surface area (Å²) in [5, 5.41) is 3.34. The molecule has 1 N–H and O–H groups in total. The number of ether oxygens (including phenoxy) is 1. The van der Waals surface area contributed by atoms with Gasteiger partial charge in [-0.25, -0.2) is 9.37 Å². The highest BCUT2D eigenvalue weighted by Gasteiger charge is 2.15. The number of carbonyl (C=O) groups is 1. The van der Waals surface area contributed by atoms with Crippen LogP contribution in [0, 0.1) is 5.82 Å². The van der Waals surface area contributed by atoms with Crippen LogP contribution in [0.5, 0.6) is 5.75 Å². The molecule has 1 heterocycles. The van der Waals surface area contributed by atoms with Crippen molar-refractivity contribution in [1.29, 1.82) is 0 Å². The van der Waals surface area contributed by atoms with Crippen molar-refractivity contribution >= 4 is 23.4 Å². The van der Waals surface area contributed by atoms with Crippen LogP contribution in [0.3, 0.4) is 0 Å². The second-order valence-electron chi connectivity index (χ2n) is 5.07. The van der Waals surface area contributed by atoms with Crippen molar-refractivity contribution in [1.82, 2.24) is 4.98 Å². The van der Waals surface area contributed by atoms with Crippen LogP contribution in [0.1, 0.15) is 10.4 Å². The van der Waals surface area contributed by atoms with Gasteiger partial charge >= 0.3 is 0 Å². The van der Waals surface area contributed by atoms with Crippen LogP contribution < -0.4 is 10.1 Å². The number of carbonyl (C=O) groups excluding carboxylic acids is 1. The molecule has 126 valence electrons. The van der Waals surface area contributed by atoms with Crippen molar-refractivity contribution in [2.75, 3.05) is 12.4 Å². The van der Waals surface area contributed by atoms with E-state index in [1.54, 1.807) is 18.3 Å². The Morgan fingerprint density at radius 2 is 1.92 bits per heavy atom. The molecule has 0 aliphatic carbocycles. The van der Waals surface area contributed by atoms with E-state index in [-0.39, 0.29) is 11.7 Å². The standard InChI is InChI=1S/C19H15FN2O2S/c1-24-17-12-13(20)9-10-16(17)22-18(23)15-8-5-11-21-19(15)25-14-6-3-2-4-7-14/h2-12H,1H3,(H,22,23). The zero-order valence-corrected chi connectivity index (χ0v) is 14.2. The zero-order valence-electron chi connectivity index (χ0n) is 13.4. The van der Waals surface area contributed by atoms with Gasteiger partial charge in [-0.3, -0.25) is 4.79 Å². The van der Waals surface area contributed by atoms with Crippen LogP contribution >= 0.6 is 11.8 Å². The first-order valence-electron chi connectivity index (χ1n) is 7.50. The van der Waals surface area contributed by atoms with Crippen molar-refractivity contribution in [3.63, 3.8) is 0 Å². The molecule has 6 heteroatoms. The number of amides is 1. The normalized spacial score (nSPS) is 10.3. The van der Waals surface area contributed by atoms with Crippen LogP contribution in [-0.2, 0) is 0 Å². The highest BCUT2D eigenvalue weighted by Crippen LogP contribution is 2.30. The van der Waals surface area contributed by atoms with E-state index in [9.17, 15) is 9.18 Å². The predicted molar refractivity (Wildman–Crippen MR) is 95.7 cm³/mol. The minimum atomic E-state index is -0.434. The van der Waals surface area contributed by atoms with Gasteiger partial charge in [0.2, 0.25) is 0 Å². The molecule has 0 saturated heterocycles. The number of pyridine rings is 1. The van der Waals surface area contributed by atoms with Gasteiger partial charge in [-0.2, -0.15) is 0 Å². The number of hydrogen-bond donors (Lipinski definition) is 1. The Hall–Kier alpha value is -2.86. The van der Waals surface area contributed by atoms with Gasteiger partial charge in [0.05, 0.1) is 18.4 Å². The molecule has 2 aromatic carbocycles. The van der Waals surface area contributed by atoms with Crippen LogP contribution in [0.15, 0.2) is 76.8 Å². The van der Waals surface area contributed by atoms with E-state index >= 15 is 0 Å². The number of hydrogen-bond acceptors (Lipinski definition) is 4. The molecule has 3 rings (SSSR count). The lowest BCUT2D eigenvalue weighted by atomic mass is 10.2. The molecular weight excluding hydrogens is 339 g/mol. The summed E-state index contributed by atoms with van der Waals surface area (Å²) < 4.78 is 18.4. The fourth-order valence-electron chi connectivity index (χ4n) is 2.20. The molecule has 0 spiro atoms. The molecule has 1 amide bonds. The van der Waals surface area contributed by atoms with Crippen molar-refractivity contribution in [2.45, 2.75) is 9.92 Å². The van der Waals surface area contributed by atoms with Crippen molar-refractivity contribution in [2.24, 2.45) is 0 Å². The summed E-state index contributed by atoms with van der Waals surface area (Å²) >= 11 is 1.40. The third kappa shape index (κ3) is 4.16. The first-order valence-corrected chi connectivity index (χ1v) is 8.32. The Bertz CT molecular complexity index is 888. The fourth-order valence-corrected chi connectivity index (χ4v) is 3.10. The third-order valence-electron chi connectivity index (χ3n) is 3.39. The number of rotatable bonds is 5. The second kappa shape index (κ2) is 7.81. The van der Waals surface area contributed by atoms with Gasteiger partial charge in [-0.05, 0) is 36.4 Å². The van der Waals surface area contributed by atoms with Crippen LogP contribution in [-0.4, -0.2) is 18.0 Å². The summed E-state index contributed by atoms with van der Waals surface area (Å²) in [5.41, 5.74) is 0.830. The number of halogens is 1. The second-order valence-corrected chi connectivity index (χ2v) is 6.13. The summed E-state index contributed by atoms with van der Waals surface area (Å²) in [5.74, 6) is -0.512. The largest absolute Gasteiger partial charge is 0.494 e. The Morgan fingerprint density at radius 3 is 2.68 bits per heavy atom. The Kier molecular flexibility index (Phi) is 5.30. The van der Waals surface area contributed by atoms with Crippen molar-refractivity contribution < 1.29 is 13.9 Å². The van der Waals surface area contributed by atoms with Gasteiger partial charge < -0.3 is 10.1 Å². The van der Waals surface area contributed by atoms with Gasteiger partial charge in [-0.15, -0.1) is 0 Å². The maximum Gasteiger partial charge on any atom is 0.258 e. The Balaban J connectivity index is 1.86. The monoisotopic (exact) mass is 354 g/mol. The summed E-state index contributed by atoms with van der Waals surface area (Å²) in [6.07, 6.45) is 1.64. The highest BCUT2D eigenvalue weighted by molar-refractivity contribution is 7.99. The van der Waals surface area contributed by atoms with Gasteiger partial charge in [0, 0.05) is 17.2 Å². The van der Waals surface area contributed by atoms with E-state index < -0.39 is 5.82 Å². The SMILES string of the molecule is COc1cc(F)ccc1NC(=O)c1cccnc1Sc1ccccc1. The zero-order chi connectivity index (χ0) is 17.6. The van der Waals surface area contributed by atoms with Gasteiger partial charge in [0.1, 0.15) is 16.6 Å². The number of nitrogens with zero attached hydrogens (tertiary/aromatic N) is 1. The minimum absolute atomic E-state index is 0.259. The van der Waals surface area contributed by atoms with Crippen molar-refractivity contribution in [3.05, 3.63) is 78.2 Å². The number of methoxy groups -OCH3 is 1. The van der Waals surface area contributed by atoms with Crippen LogP contribution in [0.25, 0.3) is 0 Å². The number of benzene rings is 2. The Morgan fingerprint density at radius 1 is 1.12 bits per heavy atom. The predicted octanol–water partition coefficient (Wildman–Crippen LogP) is 4.63. The number of anilines is 1. The average molecular weight is 354 g/mol. The molecule has 0 atom stereocenters. The van der Waals surface area contributed by atoms with Gasteiger partial charge in [0.15, 0.2) is 0 Å². The molecule has 4 nitrogen and oxygen atoms in total. The molecule has 0 aliphatic rings. The third-order valence-corrected chi connectivity index (χ3v) is 4.41. The molecule has 0 saturated carbocycles. The lowest BCUT2D eigenvalue weighted by Gasteiger charge is -2.12. The van der Waals surface area contributed by atoms with Gasteiger partial charge in [0.25, 0.3) is 5.91 Å². The molecule has 3 aromatic rings. The summed E-state index contributed by atoms with van der Waals surface area (Å²) in [6.45, 7) is 0. The first-order chi connectivity index (χ1) is 12.2. The van der Waals surface area contributed by atoms with E-state index in [0.29, 0.717) is 16.3 Å². The van der Waals surface area contributed by atoms with Crippen LogP contribution in [0.4, 0.5) is 10.1 Å². The topological polar surface area (TPSA) is 51.2 Å². The average Bonchev–Trinajstić information content (AvgIpc) is 2.64. The first kappa shape index (κ1) is 17.0. The van der Waals surface area contributed by atoms with Crippen molar-refractivity contribution in [3.8, 4) is 5.75 Å². The lowest BCUT2D eigenvalue weighted by Crippen LogP contribution is -2.14. The van der Waals surface area contributed by atoms with E-state index in [2.05, 4.69) is 10.3 Å². The molecule has 0 fully saturated rings. The quantitative estimate of drug-likeness (QED) is 0.726. The fraction of sp³-hybridized carbons (Fsp3) is 0.0526. The smallest absolute Gasteiger partial charge is 0.258 e. The molecule has 0 bridgehead atoms. The molecular formula is C19H15FN2O2S. The molecule has 0 unspecified atom stereocenters. The maximum atomic E-state index is 13.3. The molecule has 1 aromatic heterocycles. The van der Waals surface area contributed by atoms with E-state index in [1.807, 2.05) is 30.3 Å². The van der Waals surface area contributed by atoms with E-state index in [0.717, 1.165) is 4.90 Å². The van der Waals surface area contributed by atoms with E-state index in [1.165, 1.54) is 37.1 Å². The number of aromatic nitrogens is 1. The lowest BCUT2D eigenvalue weighted by molar-refractivity contribution is 0.102. The number of nitrogens with one attached hydrogen (secondary N) is 1.